The maximum atomic E-state index is 10.9. The van der Waals surface area contributed by atoms with E-state index in [4.69, 9.17) is 9.53 Å². The number of carboxylic acid groups (broad SMARTS) is 1. The fourth-order valence-corrected chi connectivity index (χ4v) is 2.58. The number of benzene rings is 1. The van der Waals surface area contributed by atoms with Crippen molar-refractivity contribution in [2.75, 3.05) is 6.61 Å². The molecular formula is C15H25NO3Si. The van der Waals surface area contributed by atoms with Gasteiger partial charge < -0.3 is 14.8 Å². The minimum absolute atomic E-state index is 0.109. The highest BCUT2D eigenvalue weighted by atomic mass is 28.4. The van der Waals surface area contributed by atoms with Gasteiger partial charge in [0.05, 0.1) is 12.6 Å². The van der Waals surface area contributed by atoms with Gasteiger partial charge in [0.1, 0.15) is 0 Å². The first-order valence-electron chi connectivity index (χ1n) is 6.82. The second-order valence-corrected chi connectivity index (χ2v) is 11.3. The van der Waals surface area contributed by atoms with Gasteiger partial charge in [-0.2, -0.15) is 0 Å². The van der Waals surface area contributed by atoms with E-state index >= 15 is 0 Å². The molecule has 4 nitrogen and oxygen atoms in total. The van der Waals surface area contributed by atoms with Crippen LogP contribution in [0.4, 0.5) is 4.79 Å². The summed E-state index contributed by atoms with van der Waals surface area (Å²) in [6.07, 6.45) is -1.03. The van der Waals surface area contributed by atoms with Crippen LogP contribution in [0.3, 0.4) is 0 Å². The standard InChI is InChI=1S/C15H25NO3Si/c1-15(2,3)20(4,5)19-11-13(16-14(17)18)12-9-7-6-8-10-12/h6-10,13,16H,11H2,1-5H3,(H,17,18). The van der Waals surface area contributed by atoms with Crippen molar-refractivity contribution in [3.05, 3.63) is 35.9 Å². The van der Waals surface area contributed by atoms with E-state index in [1.165, 1.54) is 0 Å². The Bertz CT molecular complexity index is 440. The molecule has 1 rings (SSSR count). The molecular weight excluding hydrogens is 270 g/mol. The van der Waals surface area contributed by atoms with E-state index in [9.17, 15) is 4.79 Å². The molecule has 0 heterocycles. The predicted octanol–water partition coefficient (Wildman–Crippen LogP) is 4.02. The average Bonchev–Trinajstić information content (AvgIpc) is 2.33. The highest BCUT2D eigenvalue weighted by molar-refractivity contribution is 6.74. The molecule has 0 aliphatic rings. The lowest BCUT2D eigenvalue weighted by Crippen LogP contribution is -2.43. The fourth-order valence-electron chi connectivity index (χ4n) is 1.56. The van der Waals surface area contributed by atoms with Gasteiger partial charge >= 0.3 is 6.09 Å². The Morgan fingerprint density at radius 3 is 2.30 bits per heavy atom. The molecule has 1 aromatic rings. The molecule has 1 unspecified atom stereocenters. The summed E-state index contributed by atoms with van der Waals surface area (Å²) in [6, 6.07) is 9.21. The van der Waals surface area contributed by atoms with Gasteiger partial charge in [0, 0.05) is 0 Å². The molecule has 0 bridgehead atoms. The Hall–Kier alpha value is -1.33. The molecule has 0 aromatic heterocycles. The number of carbonyl (C=O) groups is 1. The van der Waals surface area contributed by atoms with Crippen molar-refractivity contribution in [3.8, 4) is 0 Å². The average molecular weight is 295 g/mol. The number of hydrogen-bond donors (Lipinski definition) is 2. The van der Waals surface area contributed by atoms with Gasteiger partial charge in [-0.3, -0.25) is 0 Å². The molecule has 1 atom stereocenters. The quantitative estimate of drug-likeness (QED) is 0.807. The molecule has 0 aliphatic heterocycles. The first-order valence-corrected chi connectivity index (χ1v) is 9.73. The molecule has 0 spiro atoms. The Kier molecular flexibility index (Phi) is 5.36. The van der Waals surface area contributed by atoms with Crippen LogP contribution in [0.15, 0.2) is 30.3 Å². The second-order valence-electron chi connectivity index (χ2n) is 6.48. The number of nitrogens with one attached hydrogen (secondary N) is 1. The summed E-state index contributed by atoms with van der Waals surface area (Å²) in [7, 11) is -1.88. The lowest BCUT2D eigenvalue weighted by Gasteiger charge is -2.37. The zero-order valence-corrected chi connectivity index (χ0v) is 13.9. The minimum Gasteiger partial charge on any atom is -0.465 e. The van der Waals surface area contributed by atoms with Gasteiger partial charge in [0.15, 0.2) is 8.32 Å². The van der Waals surface area contributed by atoms with E-state index in [0.29, 0.717) is 6.61 Å². The highest BCUT2D eigenvalue weighted by Crippen LogP contribution is 2.37. The lowest BCUT2D eigenvalue weighted by atomic mass is 10.1. The van der Waals surface area contributed by atoms with Crippen molar-refractivity contribution < 1.29 is 14.3 Å². The summed E-state index contributed by atoms with van der Waals surface area (Å²) < 4.78 is 6.12. The van der Waals surface area contributed by atoms with E-state index in [2.05, 4.69) is 39.2 Å². The second kappa shape index (κ2) is 6.41. The van der Waals surface area contributed by atoms with Gasteiger partial charge in [-0.1, -0.05) is 51.1 Å². The maximum Gasteiger partial charge on any atom is 0.405 e. The zero-order valence-electron chi connectivity index (χ0n) is 12.9. The van der Waals surface area contributed by atoms with Crippen molar-refractivity contribution in [2.24, 2.45) is 0 Å². The molecule has 1 aromatic carbocycles. The van der Waals surface area contributed by atoms with Crippen LogP contribution in [0, 0.1) is 0 Å². The maximum absolute atomic E-state index is 10.9. The highest BCUT2D eigenvalue weighted by Gasteiger charge is 2.37. The Morgan fingerprint density at radius 2 is 1.85 bits per heavy atom. The summed E-state index contributed by atoms with van der Waals surface area (Å²) in [5.41, 5.74) is 0.925. The van der Waals surface area contributed by atoms with Crippen LogP contribution in [0.25, 0.3) is 0 Å². The number of amides is 1. The Labute approximate surface area is 122 Å². The van der Waals surface area contributed by atoms with E-state index in [1.807, 2.05) is 30.3 Å². The van der Waals surface area contributed by atoms with E-state index in [0.717, 1.165) is 5.56 Å². The molecule has 0 aliphatic carbocycles. The van der Waals surface area contributed by atoms with Crippen molar-refractivity contribution in [1.29, 1.82) is 0 Å². The molecule has 0 radical (unpaired) electrons. The summed E-state index contributed by atoms with van der Waals surface area (Å²) >= 11 is 0. The van der Waals surface area contributed by atoms with Gasteiger partial charge in [-0.25, -0.2) is 4.79 Å². The fraction of sp³-hybridized carbons (Fsp3) is 0.533. The summed E-state index contributed by atoms with van der Waals surface area (Å²) in [6.45, 7) is 11.2. The monoisotopic (exact) mass is 295 g/mol. The normalized spacial score (nSPS) is 13.8. The Balaban J connectivity index is 2.80. The summed E-state index contributed by atoms with van der Waals surface area (Å²) in [5.74, 6) is 0. The van der Waals surface area contributed by atoms with Gasteiger partial charge in [-0.05, 0) is 23.7 Å². The smallest absolute Gasteiger partial charge is 0.405 e. The summed E-state index contributed by atoms with van der Waals surface area (Å²) in [5, 5.41) is 11.6. The van der Waals surface area contributed by atoms with Gasteiger partial charge in [0.25, 0.3) is 0 Å². The van der Waals surface area contributed by atoms with Crippen molar-refractivity contribution in [3.63, 3.8) is 0 Å². The topological polar surface area (TPSA) is 58.6 Å². The van der Waals surface area contributed by atoms with Crippen LogP contribution in [0.5, 0.6) is 0 Å². The lowest BCUT2D eigenvalue weighted by molar-refractivity contribution is 0.178. The molecule has 20 heavy (non-hydrogen) atoms. The Morgan fingerprint density at radius 1 is 1.30 bits per heavy atom. The largest absolute Gasteiger partial charge is 0.465 e. The molecule has 1 amide bonds. The van der Waals surface area contributed by atoms with Crippen LogP contribution in [-0.4, -0.2) is 26.1 Å². The first kappa shape index (κ1) is 16.7. The molecule has 112 valence electrons. The van der Waals surface area contributed by atoms with Crippen LogP contribution < -0.4 is 5.32 Å². The van der Waals surface area contributed by atoms with Gasteiger partial charge in [-0.15, -0.1) is 0 Å². The van der Waals surface area contributed by atoms with Crippen LogP contribution >= 0.6 is 0 Å². The van der Waals surface area contributed by atoms with Crippen LogP contribution in [0.1, 0.15) is 32.4 Å². The third-order valence-electron chi connectivity index (χ3n) is 3.92. The van der Waals surface area contributed by atoms with Crippen molar-refractivity contribution in [1.82, 2.24) is 5.32 Å². The first-order chi connectivity index (χ1) is 9.13. The third-order valence-corrected chi connectivity index (χ3v) is 8.42. The molecule has 0 saturated heterocycles. The molecule has 0 fully saturated rings. The van der Waals surface area contributed by atoms with Gasteiger partial charge in [0.2, 0.25) is 0 Å². The van der Waals surface area contributed by atoms with E-state index in [-0.39, 0.29) is 11.1 Å². The van der Waals surface area contributed by atoms with Crippen molar-refractivity contribution >= 4 is 14.4 Å². The molecule has 5 heteroatoms. The zero-order chi connectivity index (χ0) is 15.4. The van der Waals surface area contributed by atoms with Crippen LogP contribution in [-0.2, 0) is 4.43 Å². The predicted molar refractivity (Wildman–Crippen MR) is 83.5 cm³/mol. The van der Waals surface area contributed by atoms with Crippen molar-refractivity contribution in [2.45, 2.75) is 44.9 Å². The SMILES string of the molecule is CC(C)(C)[Si](C)(C)OCC(NC(=O)O)c1ccccc1. The number of hydrogen-bond acceptors (Lipinski definition) is 2. The molecule has 2 N–H and O–H groups in total. The van der Waals surface area contributed by atoms with E-state index in [1.54, 1.807) is 0 Å². The summed E-state index contributed by atoms with van der Waals surface area (Å²) in [4.78, 5) is 10.9. The van der Waals surface area contributed by atoms with E-state index < -0.39 is 14.4 Å². The van der Waals surface area contributed by atoms with Crippen LogP contribution in [0.2, 0.25) is 18.1 Å². The third kappa shape index (κ3) is 4.65. The minimum atomic E-state index is -1.88. The number of rotatable bonds is 5. The molecule has 0 saturated carbocycles.